The highest BCUT2D eigenvalue weighted by Crippen LogP contribution is 2.55. The summed E-state index contributed by atoms with van der Waals surface area (Å²) in [6.45, 7) is 41.5. The normalized spacial score (nSPS) is 17.3. The molecule has 2 aromatic carbocycles. The minimum absolute atomic E-state index is 0.0156. The molecule has 2 saturated carbocycles. The van der Waals surface area contributed by atoms with Crippen LogP contribution in [0.2, 0.25) is 10.0 Å². The predicted molar refractivity (Wildman–Crippen MR) is 265 cm³/mol. The molecule has 0 unspecified atom stereocenters. The lowest BCUT2D eigenvalue weighted by Crippen LogP contribution is -2.58. The number of aliphatic hydroxyl groups is 1. The van der Waals surface area contributed by atoms with E-state index >= 15 is 0 Å². The van der Waals surface area contributed by atoms with Crippen LogP contribution in [0.1, 0.15) is 154 Å². The third-order valence-electron chi connectivity index (χ3n) is 9.67. The highest BCUT2D eigenvalue weighted by molar-refractivity contribution is 6.32. The van der Waals surface area contributed by atoms with Crippen molar-refractivity contribution in [1.29, 1.82) is 10.5 Å². The number of allylic oxidation sites excluding steroid dienone is 2. The number of amides is 1. The molecule has 0 bridgehead atoms. The molecule has 354 valence electrons. The summed E-state index contributed by atoms with van der Waals surface area (Å²) in [6.07, 6.45) is 8.96. The third-order valence-corrected chi connectivity index (χ3v) is 10.4. The van der Waals surface area contributed by atoms with Crippen molar-refractivity contribution in [3.05, 3.63) is 81.2 Å². The van der Waals surface area contributed by atoms with Gasteiger partial charge in [0.25, 0.3) is 5.91 Å². The lowest BCUT2D eigenvalue weighted by Gasteiger charge is -2.56. The molecule has 0 spiro atoms. The molecule has 62 heavy (non-hydrogen) atoms. The maximum absolute atomic E-state index is 10.7. The summed E-state index contributed by atoms with van der Waals surface area (Å²) in [6, 6.07) is 12.2. The first-order valence-corrected chi connectivity index (χ1v) is 22.8. The van der Waals surface area contributed by atoms with Gasteiger partial charge in [-0.25, -0.2) is 5.26 Å². The number of aliphatic hydroxyl groups excluding tert-OH is 1. The van der Waals surface area contributed by atoms with Gasteiger partial charge in [-0.2, -0.15) is 5.26 Å². The number of nitrogens with two attached hydrogens (primary N) is 3. The zero-order valence-corrected chi connectivity index (χ0v) is 43.1. The van der Waals surface area contributed by atoms with E-state index in [1.165, 1.54) is 25.0 Å². The number of benzene rings is 2. The molecule has 3 aliphatic rings. The van der Waals surface area contributed by atoms with E-state index in [9.17, 15) is 4.79 Å². The third kappa shape index (κ3) is 24.5. The second kappa shape index (κ2) is 32.6. The number of halogens is 2. The Kier molecular flexibility index (Phi) is 33.9. The van der Waals surface area contributed by atoms with Crippen LogP contribution >= 0.6 is 23.2 Å². The number of piperidine rings is 1. The number of phenols is 1. The molecule has 1 amide bonds. The van der Waals surface area contributed by atoms with E-state index in [4.69, 9.17) is 65.9 Å². The summed E-state index contributed by atoms with van der Waals surface area (Å²) in [4.78, 5) is 12.7. The van der Waals surface area contributed by atoms with Gasteiger partial charge in [0.2, 0.25) is 0 Å². The highest BCUT2D eigenvalue weighted by Gasteiger charge is 2.54. The van der Waals surface area contributed by atoms with Gasteiger partial charge in [0.05, 0.1) is 22.1 Å². The van der Waals surface area contributed by atoms with Gasteiger partial charge in [-0.3, -0.25) is 4.79 Å². The maximum Gasteiger partial charge on any atom is 0.264 e. The highest BCUT2D eigenvalue weighted by atomic mass is 35.5. The molecule has 5 rings (SSSR count). The van der Waals surface area contributed by atoms with Crippen LogP contribution in [0.4, 0.5) is 0 Å². The number of hydrogen-bond donors (Lipinski definition) is 5. The number of hydrogen-bond acceptors (Lipinski definition) is 9. The fourth-order valence-electron chi connectivity index (χ4n) is 8.26. The minimum atomic E-state index is -0.659. The van der Waals surface area contributed by atoms with Crippen LogP contribution in [-0.2, 0) is 4.79 Å². The lowest BCUT2D eigenvalue weighted by molar-refractivity contribution is -0.133. The standard InChI is InChI=1S/C15H18ClNO.C11H20N4O2.C8H16.C7H7ClO.4C2H6.CHN/c1-14(2)9-15(3,4)13(14)18-11-6-5-10(8-17)12(16)7-11;12-9(11(14)17)1-2-10(13)15-5-3-8(7-16)4-6-15;1-7(2)5-8(3,4)6-7;1-5-2-3-6(9)4-7(5)8;5*1-2/h5-7,13H,9H2,1-4H3;1-2,8,16H,3-7,12-13H2,(H2,14,17);5-6H2,1-4H3;2-4,9H,1H3;4*1-2H3;1H/b;9-1-,10-2+;;;;;;;. The van der Waals surface area contributed by atoms with Gasteiger partial charge in [-0.1, -0.05) is 140 Å². The average Bonchev–Trinajstić information content (AvgIpc) is 3.23. The Morgan fingerprint density at radius 2 is 1.27 bits per heavy atom. The van der Waals surface area contributed by atoms with E-state index in [1.807, 2.05) is 79.3 Å². The van der Waals surface area contributed by atoms with Gasteiger partial charge < -0.3 is 37.1 Å². The second-order valence-electron chi connectivity index (χ2n) is 17.2. The number of ether oxygens (including phenoxy) is 1. The number of phenolic OH excluding ortho intramolecular Hbond substituents is 1. The van der Waals surface area contributed by atoms with Crippen molar-refractivity contribution in [1.82, 2.24) is 4.90 Å². The molecule has 10 nitrogen and oxygen atoms in total. The Morgan fingerprint density at radius 3 is 1.60 bits per heavy atom. The van der Waals surface area contributed by atoms with Crippen LogP contribution in [0.15, 0.2) is 60.1 Å². The van der Waals surface area contributed by atoms with E-state index in [2.05, 4.69) is 62.0 Å². The molecule has 12 heteroatoms. The summed E-state index contributed by atoms with van der Waals surface area (Å²) < 4.78 is 6.07. The van der Waals surface area contributed by atoms with E-state index < -0.39 is 5.91 Å². The first-order valence-electron chi connectivity index (χ1n) is 22.1. The number of carbonyl (C=O) groups is 1. The van der Waals surface area contributed by atoms with Gasteiger partial charge >= 0.3 is 0 Å². The minimum Gasteiger partial charge on any atom is -0.508 e. The molecule has 2 aliphatic carbocycles. The maximum atomic E-state index is 10.7. The predicted octanol–water partition coefficient (Wildman–Crippen LogP) is 12.7. The van der Waals surface area contributed by atoms with Crippen molar-refractivity contribution in [2.75, 3.05) is 19.7 Å². The quantitative estimate of drug-likeness (QED) is 0.138. The second-order valence-corrected chi connectivity index (χ2v) is 18.0. The Hall–Kier alpha value is -4.09. The largest absolute Gasteiger partial charge is 0.508 e. The summed E-state index contributed by atoms with van der Waals surface area (Å²) >= 11 is 11.7. The zero-order chi connectivity index (χ0) is 49.7. The van der Waals surface area contributed by atoms with Gasteiger partial charge in [0.15, 0.2) is 0 Å². The summed E-state index contributed by atoms with van der Waals surface area (Å²) in [7, 11) is 0. The number of aryl methyl sites for hydroxylation is 1. The Bertz CT molecular complexity index is 1630. The van der Waals surface area contributed by atoms with Crippen LogP contribution in [0.3, 0.4) is 0 Å². The number of primary amides is 1. The molecule has 1 heterocycles. The van der Waals surface area contributed by atoms with Crippen LogP contribution in [0.25, 0.3) is 0 Å². The SMILES string of the molecule is C#N.CC.CC.CC.CC.CC1(C)CC(C)(C)C1.CC1(C)CC(C)(C)C1Oc1ccc(C#N)c(Cl)c1.Cc1ccc(O)cc1Cl.NC(=O)/C(N)=C/C=C(\N)N1CCC(CO)CC1. The molecule has 1 aliphatic heterocycles. The van der Waals surface area contributed by atoms with Crippen molar-refractivity contribution in [3.63, 3.8) is 0 Å². The van der Waals surface area contributed by atoms with Crippen molar-refractivity contribution in [2.45, 2.75) is 156 Å². The molecule has 0 aromatic heterocycles. The smallest absolute Gasteiger partial charge is 0.264 e. The fraction of sp³-hybridized carbons (Fsp3) is 0.620. The Morgan fingerprint density at radius 1 is 0.806 bits per heavy atom. The Labute approximate surface area is 388 Å². The molecular weight excluding hydrogens is 819 g/mol. The van der Waals surface area contributed by atoms with Crippen molar-refractivity contribution in [2.24, 2.45) is 44.8 Å². The number of rotatable bonds is 6. The molecule has 1 saturated heterocycles. The number of carbonyl (C=O) groups excluding carboxylic acids is 1. The van der Waals surface area contributed by atoms with Gasteiger partial charge in [-0.15, -0.1) is 0 Å². The summed E-state index contributed by atoms with van der Waals surface area (Å²) in [5.41, 5.74) is 19.4. The van der Waals surface area contributed by atoms with E-state index in [0.29, 0.717) is 38.2 Å². The van der Waals surface area contributed by atoms with Gasteiger partial charge in [0, 0.05) is 48.2 Å². The molecule has 0 radical (unpaired) electrons. The number of likely N-dealkylation sites (tertiary alicyclic amines) is 1. The molecule has 3 fully saturated rings. The van der Waals surface area contributed by atoms with Gasteiger partial charge in [-0.05, 0) is 97.8 Å². The summed E-state index contributed by atoms with van der Waals surface area (Å²) in [5.74, 6) is 1.22. The first-order chi connectivity index (χ1) is 28.9. The number of nitriles is 2. The van der Waals surface area contributed by atoms with Crippen molar-refractivity contribution < 1.29 is 19.7 Å². The number of aromatic hydroxyl groups is 1. The van der Waals surface area contributed by atoms with Crippen LogP contribution in [0, 0.1) is 57.7 Å². The van der Waals surface area contributed by atoms with Crippen LogP contribution < -0.4 is 21.9 Å². The van der Waals surface area contributed by atoms with Crippen LogP contribution in [0.5, 0.6) is 11.5 Å². The zero-order valence-electron chi connectivity index (χ0n) is 41.5. The molecule has 0 atom stereocenters. The van der Waals surface area contributed by atoms with Crippen molar-refractivity contribution in [3.8, 4) is 24.1 Å². The fourth-order valence-corrected chi connectivity index (χ4v) is 8.65. The van der Waals surface area contributed by atoms with E-state index in [0.717, 1.165) is 43.7 Å². The average molecular weight is 906 g/mol. The monoisotopic (exact) mass is 905 g/mol. The topological polar surface area (TPSA) is 196 Å². The van der Waals surface area contributed by atoms with Gasteiger partial charge in [0.1, 0.15) is 23.7 Å². The molecular formula is C50H86Cl2N6O4. The first kappa shape index (κ1) is 64.5. The van der Waals surface area contributed by atoms with E-state index in [1.54, 1.807) is 30.3 Å². The molecule has 8 N–H and O–H groups in total. The molecule has 2 aromatic rings. The Balaban J connectivity index is -0.000000351. The number of nitrogens with zero attached hydrogens (tertiary/aromatic N) is 3. The van der Waals surface area contributed by atoms with E-state index in [-0.39, 0.29) is 35.0 Å². The van der Waals surface area contributed by atoms with Crippen LogP contribution in [-0.4, -0.2) is 46.8 Å². The van der Waals surface area contributed by atoms with Crippen molar-refractivity contribution >= 4 is 29.1 Å². The summed E-state index contributed by atoms with van der Waals surface area (Å²) in [5, 5.41) is 34.3. The lowest BCUT2D eigenvalue weighted by atomic mass is 9.53.